The van der Waals surface area contributed by atoms with Crippen molar-refractivity contribution in [2.75, 3.05) is 26.6 Å². The third kappa shape index (κ3) is 2.55. The molecule has 98 valence electrons. The monoisotopic (exact) mass is 270 g/mol. The molecule has 0 spiro atoms. The van der Waals surface area contributed by atoms with Crippen LogP contribution in [0.3, 0.4) is 0 Å². The van der Waals surface area contributed by atoms with E-state index in [2.05, 4.69) is 15.1 Å². The summed E-state index contributed by atoms with van der Waals surface area (Å²) in [7, 11) is 1.56. The zero-order chi connectivity index (χ0) is 13.0. The molecule has 1 N–H and O–H groups in total. The van der Waals surface area contributed by atoms with Gasteiger partial charge in [-0.3, -0.25) is 0 Å². The van der Waals surface area contributed by atoms with Crippen LogP contribution in [0.5, 0.6) is 5.88 Å². The summed E-state index contributed by atoms with van der Waals surface area (Å²) < 4.78 is 12.0. The molecule has 7 nitrogen and oxygen atoms in total. The molecule has 2 aromatic rings. The normalized spacial score (nSPS) is 11.1. The Labute approximate surface area is 108 Å². The molecular weight excluding hydrogens is 256 g/mol. The van der Waals surface area contributed by atoms with E-state index in [9.17, 15) is 0 Å². The second kappa shape index (κ2) is 5.98. The van der Waals surface area contributed by atoms with Gasteiger partial charge >= 0.3 is 0 Å². The van der Waals surface area contributed by atoms with Crippen molar-refractivity contribution in [3.63, 3.8) is 0 Å². The van der Waals surface area contributed by atoms with Gasteiger partial charge in [-0.25, -0.2) is 9.67 Å². The van der Waals surface area contributed by atoms with Crippen LogP contribution in [0.15, 0.2) is 11.4 Å². The van der Waals surface area contributed by atoms with Crippen molar-refractivity contribution in [2.45, 2.75) is 11.9 Å². The maximum atomic E-state index is 8.67. The summed E-state index contributed by atoms with van der Waals surface area (Å²) in [6, 6.07) is 0. The predicted octanol–water partition coefficient (Wildman–Crippen LogP) is 0.523. The number of methoxy groups -OCH3 is 1. The Bertz CT molecular complexity index is 531. The SMILES string of the molecule is COc1nc(SC)nc2c1cnn2COCCO. The van der Waals surface area contributed by atoms with Crippen LogP contribution in [0, 0.1) is 0 Å². The summed E-state index contributed by atoms with van der Waals surface area (Å²) in [5, 5.41) is 14.2. The molecule has 2 aromatic heterocycles. The third-order valence-electron chi connectivity index (χ3n) is 2.27. The van der Waals surface area contributed by atoms with Gasteiger partial charge in [0.2, 0.25) is 5.88 Å². The minimum atomic E-state index is -0.0203. The van der Waals surface area contributed by atoms with E-state index in [1.807, 2.05) is 6.26 Å². The number of nitrogens with zero attached hydrogens (tertiary/aromatic N) is 4. The lowest BCUT2D eigenvalue weighted by molar-refractivity contribution is 0.0439. The molecule has 18 heavy (non-hydrogen) atoms. The number of hydrogen-bond acceptors (Lipinski definition) is 7. The largest absolute Gasteiger partial charge is 0.480 e. The smallest absolute Gasteiger partial charge is 0.228 e. The highest BCUT2D eigenvalue weighted by Gasteiger charge is 2.12. The van der Waals surface area contributed by atoms with Crippen molar-refractivity contribution in [1.29, 1.82) is 0 Å². The van der Waals surface area contributed by atoms with Gasteiger partial charge in [-0.05, 0) is 6.26 Å². The molecule has 2 heterocycles. The highest BCUT2D eigenvalue weighted by atomic mass is 32.2. The Balaban J connectivity index is 2.37. The van der Waals surface area contributed by atoms with Gasteiger partial charge in [-0.15, -0.1) is 0 Å². The van der Waals surface area contributed by atoms with Crippen LogP contribution in [0.25, 0.3) is 11.0 Å². The lowest BCUT2D eigenvalue weighted by atomic mass is 10.4. The molecule has 0 amide bonds. The van der Waals surface area contributed by atoms with Crippen LogP contribution >= 0.6 is 11.8 Å². The Morgan fingerprint density at radius 1 is 1.44 bits per heavy atom. The van der Waals surface area contributed by atoms with Gasteiger partial charge in [-0.1, -0.05) is 11.8 Å². The van der Waals surface area contributed by atoms with E-state index in [1.54, 1.807) is 18.0 Å². The minimum absolute atomic E-state index is 0.0203. The lowest BCUT2D eigenvalue weighted by Crippen LogP contribution is -2.08. The zero-order valence-corrected chi connectivity index (χ0v) is 11.0. The average Bonchev–Trinajstić information content (AvgIpc) is 2.81. The maximum Gasteiger partial charge on any atom is 0.228 e. The van der Waals surface area contributed by atoms with E-state index in [4.69, 9.17) is 14.6 Å². The van der Waals surface area contributed by atoms with E-state index in [0.29, 0.717) is 16.7 Å². The first-order chi connectivity index (χ1) is 8.80. The van der Waals surface area contributed by atoms with Crippen molar-refractivity contribution < 1.29 is 14.6 Å². The second-order valence-corrected chi connectivity index (χ2v) is 4.14. The molecule has 0 radical (unpaired) electrons. The summed E-state index contributed by atoms with van der Waals surface area (Å²) in [5.41, 5.74) is 0.657. The Morgan fingerprint density at radius 2 is 2.28 bits per heavy atom. The first-order valence-electron chi connectivity index (χ1n) is 5.30. The van der Waals surface area contributed by atoms with Crippen molar-refractivity contribution >= 4 is 22.8 Å². The van der Waals surface area contributed by atoms with Crippen LogP contribution in [-0.2, 0) is 11.5 Å². The standard InChI is InChI=1S/C10H14N4O3S/c1-16-9-7-5-11-14(6-17-4-3-15)8(7)12-10(13-9)18-2/h5,15H,3-4,6H2,1-2H3. The zero-order valence-electron chi connectivity index (χ0n) is 10.2. The van der Waals surface area contributed by atoms with Crippen LogP contribution in [0.2, 0.25) is 0 Å². The molecular formula is C10H14N4O3S. The van der Waals surface area contributed by atoms with E-state index in [-0.39, 0.29) is 19.9 Å². The molecule has 0 saturated carbocycles. The fraction of sp³-hybridized carbons (Fsp3) is 0.500. The van der Waals surface area contributed by atoms with Gasteiger partial charge in [0.1, 0.15) is 12.1 Å². The summed E-state index contributed by atoms with van der Waals surface area (Å²) in [6.45, 7) is 0.477. The highest BCUT2D eigenvalue weighted by molar-refractivity contribution is 7.98. The van der Waals surface area contributed by atoms with Crippen molar-refractivity contribution in [3.05, 3.63) is 6.20 Å². The van der Waals surface area contributed by atoms with Crippen LogP contribution in [0.1, 0.15) is 0 Å². The molecule has 0 saturated heterocycles. The number of fused-ring (bicyclic) bond motifs is 1. The van der Waals surface area contributed by atoms with Gasteiger partial charge in [0.05, 0.1) is 26.5 Å². The molecule has 0 aliphatic heterocycles. The van der Waals surface area contributed by atoms with Gasteiger partial charge in [-0.2, -0.15) is 10.1 Å². The first kappa shape index (κ1) is 13.1. The number of thioether (sulfide) groups is 1. The van der Waals surface area contributed by atoms with Crippen LogP contribution in [-0.4, -0.2) is 51.4 Å². The maximum absolute atomic E-state index is 8.67. The minimum Gasteiger partial charge on any atom is -0.480 e. The van der Waals surface area contributed by atoms with Crippen molar-refractivity contribution in [3.8, 4) is 5.88 Å². The number of ether oxygens (including phenoxy) is 2. The third-order valence-corrected chi connectivity index (χ3v) is 2.81. The van der Waals surface area contributed by atoms with Gasteiger partial charge in [0.25, 0.3) is 0 Å². The number of aliphatic hydroxyl groups is 1. The molecule has 0 fully saturated rings. The Kier molecular flexibility index (Phi) is 4.34. The molecule has 0 aliphatic rings. The average molecular weight is 270 g/mol. The van der Waals surface area contributed by atoms with E-state index in [1.165, 1.54) is 11.8 Å². The number of aromatic nitrogens is 4. The summed E-state index contributed by atoms with van der Waals surface area (Å²) in [4.78, 5) is 8.61. The summed E-state index contributed by atoms with van der Waals surface area (Å²) >= 11 is 1.43. The highest BCUT2D eigenvalue weighted by Crippen LogP contribution is 2.24. The molecule has 2 rings (SSSR count). The van der Waals surface area contributed by atoms with Crippen molar-refractivity contribution in [2.24, 2.45) is 0 Å². The second-order valence-electron chi connectivity index (χ2n) is 3.36. The molecule has 8 heteroatoms. The van der Waals surface area contributed by atoms with Crippen LogP contribution < -0.4 is 4.74 Å². The quantitative estimate of drug-likeness (QED) is 0.465. The first-order valence-corrected chi connectivity index (χ1v) is 6.52. The van der Waals surface area contributed by atoms with E-state index < -0.39 is 0 Å². The Morgan fingerprint density at radius 3 is 2.94 bits per heavy atom. The summed E-state index contributed by atoms with van der Waals surface area (Å²) in [5.74, 6) is 0.498. The fourth-order valence-electron chi connectivity index (χ4n) is 1.47. The van der Waals surface area contributed by atoms with Gasteiger partial charge in [0.15, 0.2) is 10.8 Å². The van der Waals surface area contributed by atoms with E-state index >= 15 is 0 Å². The van der Waals surface area contributed by atoms with E-state index in [0.717, 1.165) is 5.39 Å². The topological polar surface area (TPSA) is 82.3 Å². The van der Waals surface area contributed by atoms with Crippen LogP contribution in [0.4, 0.5) is 0 Å². The predicted molar refractivity (Wildman–Crippen MR) is 66.7 cm³/mol. The molecule has 0 aromatic carbocycles. The number of aliphatic hydroxyl groups excluding tert-OH is 1. The Hall–Kier alpha value is -1.38. The fourth-order valence-corrected chi connectivity index (χ4v) is 1.82. The van der Waals surface area contributed by atoms with Crippen molar-refractivity contribution in [1.82, 2.24) is 19.7 Å². The van der Waals surface area contributed by atoms with Gasteiger partial charge in [0, 0.05) is 0 Å². The van der Waals surface area contributed by atoms with Gasteiger partial charge < -0.3 is 14.6 Å². The molecule has 0 aliphatic carbocycles. The number of rotatable bonds is 6. The number of hydrogen-bond donors (Lipinski definition) is 1. The summed E-state index contributed by atoms with van der Waals surface area (Å²) in [6.07, 6.45) is 3.53. The molecule has 0 unspecified atom stereocenters. The lowest BCUT2D eigenvalue weighted by Gasteiger charge is -2.05. The molecule has 0 bridgehead atoms. The molecule has 0 atom stereocenters.